The Labute approximate surface area is 120 Å². The minimum absolute atomic E-state index is 0.0980. The molecule has 2 N–H and O–H groups in total. The Morgan fingerprint density at radius 1 is 1.48 bits per heavy atom. The molecule has 0 spiro atoms. The molecular weight excluding hydrogens is 278 g/mol. The molecule has 1 heterocycles. The number of aliphatic carboxylic acids is 1. The predicted octanol–water partition coefficient (Wildman–Crippen LogP) is 0.402. The molecule has 1 aliphatic heterocycles. The molecule has 0 aromatic heterocycles. The van der Waals surface area contributed by atoms with Crippen LogP contribution in [0.25, 0.3) is 0 Å². The highest BCUT2D eigenvalue weighted by Gasteiger charge is 2.33. The molecule has 1 aromatic rings. The highest BCUT2D eigenvalue weighted by atomic mass is 16.6. The Balaban J connectivity index is 2.30. The van der Waals surface area contributed by atoms with Crippen LogP contribution in [0.1, 0.15) is 15.9 Å². The summed E-state index contributed by atoms with van der Waals surface area (Å²) in [7, 11) is 0. The van der Waals surface area contributed by atoms with Crippen LogP contribution in [0.3, 0.4) is 0 Å². The predicted molar refractivity (Wildman–Crippen MR) is 73.2 cm³/mol. The number of nitrogens with one attached hydrogen (secondary N) is 1. The number of carboxylic acid groups (broad SMARTS) is 1. The normalized spacial score (nSPS) is 18.3. The van der Waals surface area contributed by atoms with E-state index >= 15 is 0 Å². The van der Waals surface area contributed by atoms with Gasteiger partial charge in [-0.2, -0.15) is 0 Å². The zero-order chi connectivity index (χ0) is 15.6. The van der Waals surface area contributed by atoms with Gasteiger partial charge in [0.2, 0.25) is 0 Å². The molecule has 1 unspecified atom stereocenters. The first-order valence-corrected chi connectivity index (χ1v) is 6.41. The van der Waals surface area contributed by atoms with Gasteiger partial charge >= 0.3 is 5.97 Å². The number of aryl methyl sites for hydroxylation is 1. The molecule has 1 aromatic carbocycles. The standard InChI is InChI=1S/C13H15N3O5/c1-8-6-9(16(20)21)2-3-10(8)12(17)15-5-4-14-7-11(15)13(18)19/h2-3,6,11,14H,4-5,7H2,1H3,(H,18,19). The van der Waals surface area contributed by atoms with Gasteiger partial charge in [-0.3, -0.25) is 14.9 Å². The van der Waals surface area contributed by atoms with Gasteiger partial charge in [-0.1, -0.05) is 0 Å². The second kappa shape index (κ2) is 5.88. The fourth-order valence-electron chi connectivity index (χ4n) is 2.32. The molecule has 1 atom stereocenters. The molecule has 8 heteroatoms. The number of rotatable bonds is 3. The third kappa shape index (κ3) is 3.00. The van der Waals surface area contributed by atoms with E-state index in [4.69, 9.17) is 5.11 Å². The van der Waals surface area contributed by atoms with Crippen molar-refractivity contribution in [2.75, 3.05) is 19.6 Å². The molecule has 21 heavy (non-hydrogen) atoms. The van der Waals surface area contributed by atoms with E-state index in [1.165, 1.54) is 23.1 Å². The van der Waals surface area contributed by atoms with Crippen molar-refractivity contribution < 1.29 is 19.6 Å². The average Bonchev–Trinajstić information content (AvgIpc) is 2.46. The molecular formula is C13H15N3O5. The van der Waals surface area contributed by atoms with Gasteiger partial charge in [0, 0.05) is 37.3 Å². The lowest BCUT2D eigenvalue weighted by molar-refractivity contribution is -0.384. The number of benzene rings is 1. The number of carboxylic acids is 1. The van der Waals surface area contributed by atoms with Crippen molar-refractivity contribution in [2.24, 2.45) is 0 Å². The minimum Gasteiger partial charge on any atom is -0.480 e. The maximum absolute atomic E-state index is 12.5. The number of nitro groups is 1. The molecule has 112 valence electrons. The lowest BCUT2D eigenvalue weighted by atomic mass is 10.0. The minimum atomic E-state index is -1.07. The molecule has 2 rings (SSSR count). The molecule has 1 saturated heterocycles. The number of piperazine rings is 1. The fraction of sp³-hybridized carbons (Fsp3) is 0.385. The van der Waals surface area contributed by atoms with Crippen LogP contribution in [-0.2, 0) is 4.79 Å². The third-order valence-electron chi connectivity index (χ3n) is 3.44. The van der Waals surface area contributed by atoms with Crippen molar-refractivity contribution in [2.45, 2.75) is 13.0 Å². The number of nitrogens with zero attached hydrogens (tertiary/aromatic N) is 2. The topological polar surface area (TPSA) is 113 Å². The Hall–Kier alpha value is -2.48. The summed E-state index contributed by atoms with van der Waals surface area (Å²) in [5.74, 6) is -1.49. The lowest BCUT2D eigenvalue weighted by Gasteiger charge is -2.33. The van der Waals surface area contributed by atoms with Crippen LogP contribution in [0.2, 0.25) is 0 Å². The summed E-state index contributed by atoms with van der Waals surface area (Å²) in [6, 6.07) is 3.00. The maximum Gasteiger partial charge on any atom is 0.327 e. The molecule has 8 nitrogen and oxygen atoms in total. The van der Waals surface area contributed by atoms with Gasteiger partial charge in [-0.15, -0.1) is 0 Å². The molecule has 0 saturated carbocycles. The van der Waals surface area contributed by atoms with Gasteiger partial charge in [-0.25, -0.2) is 4.79 Å². The second-order valence-corrected chi connectivity index (χ2v) is 4.81. The molecule has 0 radical (unpaired) electrons. The van der Waals surface area contributed by atoms with Crippen LogP contribution in [-0.4, -0.2) is 52.5 Å². The third-order valence-corrected chi connectivity index (χ3v) is 3.44. The monoisotopic (exact) mass is 293 g/mol. The van der Waals surface area contributed by atoms with Crippen LogP contribution >= 0.6 is 0 Å². The summed E-state index contributed by atoms with van der Waals surface area (Å²) in [4.78, 5) is 35.1. The van der Waals surface area contributed by atoms with Gasteiger partial charge < -0.3 is 15.3 Å². The van der Waals surface area contributed by atoms with E-state index in [9.17, 15) is 19.7 Å². The Bertz CT molecular complexity index is 601. The van der Waals surface area contributed by atoms with E-state index in [1.807, 2.05) is 0 Å². The highest BCUT2D eigenvalue weighted by molar-refractivity contribution is 5.98. The molecule has 0 aliphatic carbocycles. The van der Waals surface area contributed by atoms with E-state index in [0.717, 1.165) is 0 Å². The fourth-order valence-corrected chi connectivity index (χ4v) is 2.32. The molecule has 1 fully saturated rings. The smallest absolute Gasteiger partial charge is 0.327 e. The quantitative estimate of drug-likeness (QED) is 0.616. The SMILES string of the molecule is Cc1cc([N+](=O)[O-])ccc1C(=O)N1CCNCC1C(=O)O. The number of nitro benzene ring substituents is 1. The van der Waals surface area contributed by atoms with Crippen molar-refractivity contribution in [3.63, 3.8) is 0 Å². The van der Waals surface area contributed by atoms with Gasteiger partial charge in [0.25, 0.3) is 11.6 Å². The number of carbonyl (C=O) groups is 2. The van der Waals surface area contributed by atoms with E-state index in [1.54, 1.807) is 6.92 Å². The first-order valence-electron chi connectivity index (χ1n) is 6.41. The zero-order valence-electron chi connectivity index (χ0n) is 11.4. The summed E-state index contributed by atoms with van der Waals surface area (Å²) in [5.41, 5.74) is 0.643. The summed E-state index contributed by atoms with van der Waals surface area (Å²) < 4.78 is 0. The van der Waals surface area contributed by atoms with Crippen LogP contribution in [0.5, 0.6) is 0 Å². The number of hydrogen-bond donors (Lipinski definition) is 2. The van der Waals surface area contributed by atoms with Crippen molar-refractivity contribution >= 4 is 17.6 Å². The number of non-ortho nitro benzene ring substituents is 1. The molecule has 0 bridgehead atoms. The first kappa shape index (κ1) is 14.9. The summed E-state index contributed by atoms with van der Waals surface area (Å²) >= 11 is 0. The van der Waals surface area contributed by atoms with Gasteiger partial charge in [-0.05, 0) is 18.6 Å². The van der Waals surface area contributed by atoms with Crippen LogP contribution in [0, 0.1) is 17.0 Å². The maximum atomic E-state index is 12.5. The average molecular weight is 293 g/mol. The lowest BCUT2D eigenvalue weighted by Crippen LogP contribution is -2.57. The van der Waals surface area contributed by atoms with Crippen LogP contribution in [0.15, 0.2) is 18.2 Å². The van der Waals surface area contributed by atoms with Crippen LogP contribution in [0.4, 0.5) is 5.69 Å². The van der Waals surface area contributed by atoms with Crippen molar-refractivity contribution in [3.05, 3.63) is 39.4 Å². The van der Waals surface area contributed by atoms with Crippen molar-refractivity contribution in [1.29, 1.82) is 0 Å². The van der Waals surface area contributed by atoms with Crippen LogP contribution < -0.4 is 5.32 Å². The zero-order valence-corrected chi connectivity index (χ0v) is 11.4. The highest BCUT2D eigenvalue weighted by Crippen LogP contribution is 2.20. The van der Waals surface area contributed by atoms with E-state index in [-0.39, 0.29) is 24.3 Å². The Kier molecular flexibility index (Phi) is 4.18. The van der Waals surface area contributed by atoms with Gasteiger partial charge in [0.05, 0.1) is 4.92 Å². The second-order valence-electron chi connectivity index (χ2n) is 4.81. The summed E-state index contributed by atoms with van der Waals surface area (Å²) in [5, 5.41) is 22.8. The van der Waals surface area contributed by atoms with E-state index in [2.05, 4.69) is 5.32 Å². The number of carbonyl (C=O) groups excluding carboxylic acids is 1. The van der Waals surface area contributed by atoms with E-state index < -0.39 is 22.8 Å². The van der Waals surface area contributed by atoms with Gasteiger partial charge in [0.1, 0.15) is 6.04 Å². The molecule has 1 aliphatic rings. The summed E-state index contributed by atoms with van der Waals surface area (Å²) in [6.07, 6.45) is 0. The number of hydrogen-bond acceptors (Lipinski definition) is 5. The Morgan fingerprint density at radius 2 is 2.19 bits per heavy atom. The largest absolute Gasteiger partial charge is 0.480 e. The van der Waals surface area contributed by atoms with Crippen molar-refractivity contribution in [1.82, 2.24) is 10.2 Å². The Morgan fingerprint density at radius 3 is 2.76 bits per heavy atom. The van der Waals surface area contributed by atoms with Gasteiger partial charge in [0.15, 0.2) is 0 Å². The number of amides is 1. The summed E-state index contributed by atoms with van der Waals surface area (Å²) in [6.45, 7) is 2.58. The molecule has 1 amide bonds. The van der Waals surface area contributed by atoms with E-state index in [0.29, 0.717) is 12.1 Å². The van der Waals surface area contributed by atoms with Crippen molar-refractivity contribution in [3.8, 4) is 0 Å². The first-order chi connectivity index (χ1) is 9.91.